The Morgan fingerprint density at radius 3 is 2.47 bits per heavy atom. The van der Waals surface area contributed by atoms with E-state index >= 15 is 0 Å². The minimum atomic E-state index is 0.851. The van der Waals surface area contributed by atoms with E-state index in [9.17, 15) is 0 Å². The number of hydrogen-bond donors (Lipinski definition) is 0. The molecule has 0 aliphatic carbocycles. The van der Waals surface area contributed by atoms with Crippen LogP contribution in [-0.2, 0) is 0 Å². The monoisotopic (exact) mass is 313 g/mol. The van der Waals surface area contributed by atoms with E-state index in [4.69, 9.17) is 4.74 Å². The first-order chi connectivity index (χ1) is 9.28. The quantitative estimate of drug-likeness (QED) is 0.641. The van der Waals surface area contributed by atoms with Gasteiger partial charge in [-0.2, -0.15) is 0 Å². The number of aromatic nitrogens is 1. The molecule has 3 heteroatoms. The molecule has 0 bridgehead atoms. The van der Waals surface area contributed by atoms with Crippen LogP contribution in [0.2, 0.25) is 0 Å². The van der Waals surface area contributed by atoms with Crippen molar-refractivity contribution < 1.29 is 4.74 Å². The number of methoxy groups -OCH3 is 1. The first-order valence-electron chi connectivity index (χ1n) is 5.97. The molecule has 0 saturated carbocycles. The van der Waals surface area contributed by atoms with E-state index in [1.165, 1.54) is 5.39 Å². The van der Waals surface area contributed by atoms with Crippen molar-refractivity contribution in [1.82, 2.24) is 4.98 Å². The minimum absolute atomic E-state index is 0.851. The molecule has 0 spiro atoms. The van der Waals surface area contributed by atoms with Gasteiger partial charge in [0.25, 0.3) is 0 Å². The fraction of sp³-hybridized carbons (Fsp3) is 0.0625. The molecule has 0 fully saturated rings. The lowest BCUT2D eigenvalue weighted by atomic mass is 10.1. The molecule has 0 aliphatic rings. The third-order valence-electron chi connectivity index (χ3n) is 3.08. The largest absolute Gasteiger partial charge is 0.497 e. The molecule has 0 atom stereocenters. The Labute approximate surface area is 120 Å². The van der Waals surface area contributed by atoms with Gasteiger partial charge in [-0.3, -0.25) is 0 Å². The van der Waals surface area contributed by atoms with E-state index < -0.39 is 0 Å². The number of hydrogen-bond acceptors (Lipinski definition) is 2. The van der Waals surface area contributed by atoms with E-state index in [0.29, 0.717) is 0 Å². The Bertz CT molecular complexity index is 722. The van der Waals surface area contributed by atoms with Crippen LogP contribution in [0.4, 0.5) is 0 Å². The van der Waals surface area contributed by atoms with Crippen molar-refractivity contribution in [1.29, 1.82) is 0 Å². The molecular formula is C16H12BrNO. The molecule has 2 nitrogen and oxygen atoms in total. The van der Waals surface area contributed by atoms with Gasteiger partial charge in [0, 0.05) is 10.9 Å². The number of halogens is 1. The third kappa shape index (κ3) is 2.34. The highest BCUT2D eigenvalue weighted by atomic mass is 79.9. The number of benzene rings is 2. The highest BCUT2D eigenvalue weighted by molar-refractivity contribution is 9.10. The predicted molar refractivity (Wildman–Crippen MR) is 81.4 cm³/mol. The number of fused-ring (bicyclic) bond motifs is 1. The lowest BCUT2D eigenvalue weighted by molar-refractivity contribution is 0.415. The van der Waals surface area contributed by atoms with Gasteiger partial charge < -0.3 is 4.74 Å². The van der Waals surface area contributed by atoms with Crippen molar-refractivity contribution in [3.63, 3.8) is 0 Å². The number of pyridine rings is 1. The third-order valence-corrected chi connectivity index (χ3v) is 3.68. The summed E-state index contributed by atoms with van der Waals surface area (Å²) in [5.74, 6) is 0.851. The van der Waals surface area contributed by atoms with Crippen LogP contribution >= 0.6 is 15.9 Å². The molecule has 94 valence electrons. The molecule has 0 radical (unpaired) electrons. The Hall–Kier alpha value is -1.87. The van der Waals surface area contributed by atoms with Gasteiger partial charge in [0.1, 0.15) is 10.4 Å². The summed E-state index contributed by atoms with van der Waals surface area (Å²) in [6.07, 6.45) is 0. The average Bonchev–Trinajstić information content (AvgIpc) is 2.47. The summed E-state index contributed by atoms with van der Waals surface area (Å²) in [5, 5.41) is 2.30. The Kier molecular flexibility index (Phi) is 3.22. The van der Waals surface area contributed by atoms with Gasteiger partial charge in [-0.1, -0.05) is 24.3 Å². The van der Waals surface area contributed by atoms with Gasteiger partial charge in [0.2, 0.25) is 0 Å². The van der Waals surface area contributed by atoms with Crippen LogP contribution in [0.15, 0.2) is 59.2 Å². The van der Waals surface area contributed by atoms with Crippen molar-refractivity contribution in [2.24, 2.45) is 0 Å². The number of ether oxygens (including phenoxy) is 1. The smallest absolute Gasteiger partial charge is 0.118 e. The predicted octanol–water partition coefficient (Wildman–Crippen LogP) is 4.67. The zero-order chi connectivity index (χ0) is 13.2. The van der Waals surface area contributed by atoms with Gasteiger partial charge in [-0.25, -0.2) is 4.98 Å². The molecule has 1 heterocycles. The maximum Gasteiger partial charge on any atom is 0.118 e. The van der Waals surface area contributed by atoms with Crippen molar-refractivity contribution >= 4 is 26.7 Å². The van der Waals surface area contributed by atoms with Crippen LogP contribution in [0.5, 0.6) is 5.75 Å². The van der Waals surface area contributed by atoms with E-state index in [2.05, 4.69) is 39.1 Å². The van der Waals surface area contributed by atoms with Gasteiger partial charge in [0.15, 0.2) is 0 Å². The van der Waals surface area contributed by atoms with E-state index in [1.54, 1.807) is 7.11 Å². The molecule has 3 rings (SSSR count). The van der Waals surface area contributed by atoms with Gasteiger partial charge >= 0.3 is 0 Å². The molecule has 0 aliphatic heterocycles. The van der Waals surface area contributed by atoms with Crippen molar-refractivity contribution in [2.75, 3.05) is 7.11 Å². The van der Waals surface area contributed by atoms with E-state index in [1.807, 2.05) is 36.4 Å². The molecule has 0 unspecified atom stereocenters. The van der Waals surface area contributed by atoms with Crippen molar-refractivity contribution in [3.05, 3.63) is 59.2 Å². The highest BCUT2D eigenvalue weighted by Gasteiger charge is 2.05. The zero-order valence-electron chi connectivity index (χ0n) is 10.4. The van der Waals surface area contributed by atoms with Crippen LogP contribution in [0.3, 0.4) is 0 Å². The molecule has 0 saturated heterocycles. The lowest BCUT2D eigenvalue weighted by Gasteiger charge is -2.06. The van der Waals surface area contributed by atoms with Gasteiger partial charge in [-0.05, 0) is 51.6 Å². The lowest BCUT2D eigenvalue weighted by Crippen LogP contribution is -1.87. The molecular weight excluding hydrogens is 302 g/mol. The second-order valence-corrected chi connectivity index (χ2v) is 5.00. The summed E-state index contributed by atoms with van der Waals surface area (Å²) in [6, 6.07) is 18.2. The number of nitrogens with zero attached hydrogens (tertiary/aromatic N) is 1. The second-order valence-electron chi connectivity index (χ2n) is 4.25. The summed E-state index contributed by atoms with van der Waals surface area (Å²) in [5.41, 5.74) is 2.03. The maximum absolute atomic E-state index is 5.17. The molecule has 0 N–H and O–H groups in total. The Morgan fingerprint density at radius 1 is 1.00 bits per heavy atom. The van der Waals surface area contributed by atoms with Crippen LogP contribution in [-0.4, -0.2) is 12.1 Å². The van der Waals surface area contributed by atoms with Crippen molar-refractivity contribution in [2.45, 2.75) is 0 Å². The summed E-state index contributed by atoms with van der Waals surface area (Å²) < 4.78 is 6.04. The topological polar surface area (TPSA) is 22.1 Å². The van der Waals surface area contributed by atoms with Crippen LogP contribution < -0.4 is 4.74 Å². The van der Waals surface area contributed by atoms with E-state index in [0.717, 1.165) is 27.0 Å². The van der Waals surface area contributed by atoms with Crippen LogP contribution in [0.1, 0.15) is 0 Å². The van der Waals surface area contributed by atoms with Gasteiger partial charge in [-0.15, -0.1) is 0 Å². The standard InChI is InChI=1S/C16H12BrNO/c1-19-13-8-6-11(7-9-13)15-10-12-4-2-3-5-14(12)16(17)18-15/h2-10H,1H3. The van der Waals surface area contributed by atoms with Crippen LogP contribution in [0.25, 0.3) is 22.0 Å². The minimum Gasteiger partial charge on any atom is -0.497 e. The fourth-order valence-electron chi connectivity index (χ4n) is 2.07. The normalized spacial score (nSPS) is 10.6. The molecule has 1 aromatic heterocycles. The molecule has 19 heavy (non-hydrogen) atoms. The Morgan fingerprint density at radius 2 is 1.74 bits per heavy atom. The average molecular weight is 314 g/mol. The first-order valence-corrected chi connectivity index (χ1v) is 6.77. The maximum atomic E-state index is 5.17. The second kappa shape index (κ2) is 5.02. The van der Waals surface area contributed by atoms with Gasteiger partial charge in [0.05, 0.1) is 12.8 Å². The number of rotatable bonds is 2. The SMILES string of the molecule is COc1ccc(-c2cc3ccccc3c(Br)n2)cc1. The zero-order valence-corrected chi connectivity index (χ0v) is 12.0. The van der Waals surface area contributed by atoms with E-state index in [-0.39, 0.29) is 0 Å². The van der Waals surface area contributed by atoms with Crippen LogP contribution in [0, 0.1) is 0 Å². The molecule has 2 aromatic carbocycles. The first kappa shape index (κ1) is 12.2. The molecule has 3 aromatic rings. The summed E-state index contributed by atoms with van der Waals surface area (Å²) in [6.45, 7) is 0. The fourth-order valence-corrected chi connectivity index (χ4v) is 2.62. The van der Waals surface area contributed by atoms with Crippen molar-refractivity contribution in [3.8, 4) is 17.0 Å². The summed E-state index contributed by atoms with van der Waals surface area (Å²) in [4.78, 5) is 4.60. The molecule has 0 amide bonds. The highest BCUT2D eigenvalue weighted by Crippen LogP contribution is 2.28. The Balaban J connectivity index is 2.14. The summed E-state index contributed by atoms with van der Waals surface area (Å²) >= 11 is 3.54. The summed E-state index contributed by atoms with van der Waals surface area (Å²) in [7, 11) is 1.67.